The number of aryl methyl sites for hydroxylation is 1. The predicted molar refractivity (Wildman–Crippen MR) is 68.6 cm³/mol. The number of hydrogen-bond donors (Lipinski definition) is 0. The van der Waals surface area contributed by atoms with Crippen molar-refractivity contribution >= 4 is 17.4 Å². The van der Waals surface area contributed by atoms with Crippen LogP contribution >= 0.6 is 11.6 Å². The summed E-state index contributed by atoms with van der Waals surface area (Å²) in [6.45, 7) is 0. The fraction of sp³-hybridized carbons (Fsp3) is 0.250. The van der Waals surface area contributed by atoms with Gasteiger partial charge in [0, 0.05) is 13.5 Å². The Hall–Kier alpha value is -1.88. The average Bonchev–Trinajstić information content (AvgIpc) is 2.72. The molecule has 0 N–H and O–H groups in total. The van der Waals surface area contributed by atoms with Gasteiger partial charge in [0.05, 0.1) is 5.38 Å². The number of alkyl halides is 1. The van der Waals surface area contributed by atoms with Crippen molar-refractivity contribution < 1.29 is 4.92 Å². The van der Waals surface area contributed by atoms with Crippen LogP contribution in [0.15, 0.2) is 36.7 Å². The van der Waals surface area contributed by atoms with E-state index in [0.29, 0.717) is 12.1 Å². The zero-order valence-electron chi connectivity index (χ0n) is 9.78. The van der Waals surface area contributed by atoms with Crippen molar-refractivity contribution in [1.82, 2.24) is 9.55 Å². The Balaban J connectivity index is 2.24. The van der Waals surface area contributed by atoms with Gasteiger partial charge in [0.2, 0.25) is 6.33 Å². The first-order valence-corrected chi connectivity index (χ1v) is 5.87. The van der Waals surface area contributed by atoms with Gasteiger partial charge < -0.3 is 14.7 Å². The third-order valence-electron chi connectivity index (χ3n) is 2.74. The molecule has 6 heteroatoms. The smallest absolute Gasteiger partial charge is 0.358 e. The summed E-state index contributed by atoms with van der Waals surface area (Å²) in [6.07, 6.45) is 1.81. The van der Waals surface area contributed by atoms with Gasteiger partial charge >= 0.3 is 5.82 Å². The Morgan fingerprint density at radius 3 is 2.72 bits per heavy atom. The molecule has 94 valence electrons. The molecule has 1 heterocycles. The van der Waals surface area contributed by atoms with E-state index in [2.05, 4.69) is 4.98 Å². The fourth-order valence-corrected chi connectivity index (χ4v) is 2.07. The van der Waals surface area contributed by atoms with Crippen molar-refractivity contribution in [2.45, 2.75) is 11.8 Å². The second kappa shape index (κ2) is 5.18. The van der Waals surface area contributed by atoms with Gasteiger partial charge in [-0.15, -0.1) is 11.6 Å². The van der Waals surface area contributed by atoms with Crippen molar-refractivity contribution in [3.63, 3.8) is 0 Å². The lowest BCUT2D eigenvalue weighted by Crippen LogP contribution is -2.04. The summed E-state index contributed by atoms with van der Waals surface area (Å²) in [5.41, 5.74) is 1.47. The normalized spacial score (nSPS) is 12.3. The molecule has 18 heavy (non-hydrogen) atoms. The van der Waals surface area contributed by atoms with Crippen LogP contribution in [0.5, 0.6) is 0 Å². The van der Waals surface area contributed by atoms with Crippen LogP contribution in [-0.4, -0.2) is 14.5 Å². The monoisotopic (exact) mass is 265 g/mol. The molecule has 0 spiro atoms. The van der Waals surface area contributed by atoms with E-state index in [9.17, 15) is 10.1 Å². The van der Waals surface area contributed by atoms with Crippen LogP contribution in [0.2, 0.25) is 0 Å². The largest absolute Gasteiger partial charge is 0.384 e. The van der Waals surface area contributed by atoms with Gasteiger partial charge in [-0.2, -0.15) is 0 Å². The van der Waals surface area contributed by atoms with Crippen molar-refractivity contribution in [3.05, 3.63) is 58.0 Å². The van der Waals surface area contributed by atoms with Crippen LogP contribution in [0.1, 0.15) is 16.6 Å². The quantitative estimate of drug-likeness (QED) is 0.485. The fourth-order valence-electron chi connectivity index (χ4n) is 1.78. The Labute approximate surface area is 109 Å². The van der Waals surface area contributed by atoms with Crippen molar-refractivity contribution in [1.29, 1.82) is 0 Å². The maximum Gasteiger partial charge on any atom is 0.384 e. The first kappa shape index (κ1) is 12.6. The van der Waals surface area contributed by atoms with Gasteiger partial charge in [0.15, 0.2) is 0 Å². The Kier molecular flexibility index (Phi) is 3.62. The number of rotatable bonds is 4. The Morgan fingerprint density at radius 1 is 1.44 bits per heavy atom. The van der Waals surface area contributed by atoms with E-state index in [1.807, 2.05) is 30.3 Å². The van der Waals surface area contributed by atoms with Crippen molar-refractivity contribution in [3.8, 4) is 0 Å². The SMILES string of the molecule is Cn1cnc([N+](=O)[O-])c1CC(Cl)c1ccccc1. The van der Waals surface area contributed by atoms with Gasteiger partial charge in [-0.3, -0.25) is 0 Å². The standard InChI is InChI=1S/C12H12ClN3O2/c1-15-8-14-12(16(17)18)11(15)7-10(13)9-5-3-2-4-6-9/h2-6,8,10H,7H2,1H3. The molecule has 5 nitrogen and oxygen atoms in total. The molecule has 1 unspecified atom stereocenters. The lowest BCUT2D eigenvalue weighted by Gasteiger charge is -2.09. The molecule has 1 aromatic heterocycles. The minimum atomic E-state index is -0.482. The predicted octanol–water partition coefficient (Wildman–Crippen LogP) is 2.85. The maximum absolute atomic E-state index is 10.8. The van der Waals surface area contributed by atoms with Gasteiger partial charge in [-0.25, -0.2) is 0 Å². The number of hydrogen-bond acceptors (Lipinski definition) is 3. The van der Waals surface area contributed by atoms with Crippen LogP contribution in [-0.2, 0) is 13.5 Å². The van der Waals surface area contributed by atoms with Gasteiger partial charge in [0.1, 0.15) is 5.69 Å². The summed E-state index contributed by atoms with van der Waals surface area (Å²) in [5.74, 6) is -0.126. The molecule has 0 fully saturated rings. The minimum Gasteiger partial charge on any atom is -0.358 e. The minimum absolute atomic E-state index is 0.126. The molecule has 0 aliphatic carbocycles. The van der Waals surface area contributed by atoms with Crippen molar-refractivity contribution in [2.75, 3.05) is 0 Å². The van der Waals surface area contributed by atoms with Crippen LogP contribution < -0.4 is 0 Å². The summed E-state index contributed by atoms with van der Waals surface area (Å²) in [6, 6.07) is 9.49. The Morgan fingerprint density at radius 2 is 2.11 bits per heavy atom. The second-order valence-electron chi connectivity index (χ2n) is 3.97. The summed E-state index contributed by atoms with van der Waals surface area (Å²) in [4.78, 5) is 14.1. The zero-order chi connectivity index (χ0) is 13.1. The molecule has 2 aromatic rings. The molecular weight excluding hydrogens is 254 g/mol. The van der Waals surface area contributed by atoms with Crippen molar-refractivity contribution in [2.24, 2.45) is 7.05 Å². The van der Waals surface area contributed by atoms with Crippen LogP contribution in [0, 0.1) is 10.1 Å². The average molecular weight is 266 g/mol. The highest BCUT2D eigenvalue weighted by Crippen LogP contribution is 2.28. The Bertz CT molecular complexity index is 554. The number of benzene rings is 1. The van der Waals surface area contributed by atoms with E-state index < -0.39 is 4.92 Å². The lowest BCUT2D eigenvalue weighted by atomic mass is 10.1. The molecule has 0 aliphatic heterocycles. The molecular formula is C12H12ClN3O2. The number of imidazole rings is 1. The first-order valence-electron chi connectivity index (χ1n) is 5.43. The summed E-state index contributed by atoms with van der Waals surface area (Å²) in [5, 5.41) is 10.5. The topological polar surface area (TPSA) is 61.0 Å². The molecule has 0 amide bonds. The number of aromatic nitrogens is 2. The highest BCUT2D eigenvalue weighted by atomic mass is 35.5. The van der Waals surface area contributed by atoms with Crippen LogP contribution in [0.3, 0.4) is 0 Å². The van der Waals surface area contributed by atoms with Gasteiger partial charge in [-0.05, 0) is 15.5 Å². The molecule has 0 saturated heterocycles. The first-order chi connectivity index (χ1) is 8.59. The van der Waals surface area contributed by atoms with E-state index in [4.69, 9.17) is 11.6 Å². The van der Waals surface area contributed by atoms with E-state index in [1.54, 1.807) is 11.6 Å². The number of halogens is 1. The van der Waals surface area contributed by atoms with E-state index in [-0.39, 0.29) is 11.2 Å². The summed E-state index contributed by atoms with van der Waals surface area (Å²) < 4.78 is 1.64. The molecule has 2 rings (SSSR count). The maximum atomic E-state index is 10.8. The van der Waals surface area contributed by atoms with Gasteiger partial charge in [0.25, 0.3) is 0 Å². The third-order valence-corrected chi connectivity index (χ3v) is 3.15. The second-order valence-corrected chi connectivity index (χ2v) is 4.49. The molecule has 1 aromatic carbocycles. The molecule has 1 atom stereocenters. The highest BCUT2D eigenvalue weighted by Gasteiger charge is 2.22. The summed E-state index contributed by atoms with van der Waals surface area (Å²) in [7, 11) is 1.73. The van der Waals surface area contributed by atoms with E-state index in [0.717, 1.165) is 5.56 Å². The van der Waals surface area contributed by atoms with Gasteiger partial charge in [-0.1, -0.05) is 30.3 Å². The number of nitro groups is 1. The lowest BCUT2D eigenvalue weighted by molar-refractivity contribution is -0.390. The highest BCUT2D eigenvalue weighted by molar-refractivity contribution is 6.20. The van der Waals surface area contributed by atoms with E-state index >= 15 is 0 Å². The molecule has 0 bridgehead atoms. The molecule has 0 radical (unpaired) electrons. The van der Waals surface area contributed by atoms with E-state index in [1.165, 1.54) is 6.33 Å². The molecule has 0 saturated carbocycles. The third kappa shape index (κ3) is 2.51. The summed E-state index contributed by atoms with van der Waals surface area (Å²) >= 11 is 6.28. The van der Waals surface area contributed by atoms with Crippen LogP contribution in [0.25, 0.3) is 0 Å². The zero-order valence-corrected chi connectivity index (χ0v) is 10.5. The number of nitrogens with zero attached hydrogens (tertiary/aromatic N) is 3. The van der Waals surface area contributed by atoms with Crippen LogP contribution in [0.4, 0.5) is 5.82 Å². The molecule has 0 aliphatic rings.